The number of aromatic nitrogens is 2. The monoisotopic (exact) mass is 268 g/mol. The Morgan fingerprint density at radius 3 is 2.07 bits per heavy atom. The molecule has 0 saturated heterocycles. The number of nitrogens with zero attached hydrogens (tertiary/aromatic N) is 2. The molecule has 0 atom stereocenters. The van der Waals surface area contributed by atoms with Gasteiger partial charge in [-0.2, -0.15) is 0 Å². The maximum atomic E-state index is 13.0. The van der Waals surface area contributed by atoms with Crippen LogP contribution in [0, 0.1) is 5.82 Å². The fourth-order valence-electron chi connectivity index (χ4n) is 0.780. The first-order chi connectivity index (χ1) is 6.79. The number of thioether (sulfide) groups is 1. The Hall–Kier alpha value is -0.0600. The summed E-state index contributed by atoms with van der Waals surface area (Å²) in [4.78, 5) is 7.62. The standard InChI is InChI=1S/C9H11Cl2FN2S/c1-9(2,3)15-4-5-13-7(10)6(12)8(11)14-5/h4H2,1-3H3. The van der Waals surface area contributed by atoms with Crippen molar-refractivity contribution < 1.29 is 4.39 Å². The molecule has 1 aromatic heterocycles. The van der Waals surface area contributed by atoms with E-state index in [1.165, 1.54) is 0 Å². The molecule has 0 aliphatic rings. The van der Waals surface area contributed by atoms with Crippen molar-refractivity contribution in [3.05, 3.63) is 21.9 Å². The number of hydrogen-bond acceptors (Lipinski definition) is 3. The second-order valence-electron chi connectivity index (χ2n) is 3.94. The zero-order valence-corrected chi connectivity index (χ0v) is 11.0. The van der Waals surface area contributed by atoms with Gasteiger partial charge in [-0.05, 0) is 0 Å². The molecule has 0 unspecified atom stereocenters. The molecular formula is C9H11Cl2FN2S. The number of rotatable bonds is 2. The first kappa shape index (κ1) is 13.0. The Balaban J connectivity index is 2.80. The summed E-state index contributed by atoms with van der Waals surface area (Å²) in [7, 11) is 0. The molecular weight excluding hydrogens is 258 g/mol. The van der Waals surface area contributed by atoms with Gasteiger partial charge in [-0.25, -0.2) is 14.4 Å². The summed E-state index contributed by atoms with van der Waals surface area (Å²) in [5.41, 5.74) is 0. The summed E-state index contributed by atoms with van der Waals surface area (Å²) < 4.78 is 13.1. The Morgan fingerprint density at radius 2 is 1.67 bits per heavy atom. The maximum Gasteiger partial charge on any atom is 0.197 e. The molecule has 1 heterocycles. The highest BCUT2D eigenvalue weighted by atomic mass is 35.5. The van der Waals surface area contributed by atoms with Gasteiger partial charge in [0.15, 0.2) is 16.1 Å². The van der Waals surface area contributed by atoms with Crippen LogP contribution in [-0.4, -0.2) is 14.7 Å². The SMILES string of the molecule is CC(C)(C)SCc1nc(Cl)c(F)c(Cl)n1. The van der Waals surface area contributed by atoms with Gasteiger partial charge in [0.25, 0.3) is 0 Å². The molecule has 0 aliphatic heterocycles. The van der Waals surface area contributed by atoms with Gasteiger partial charge in [0.2, 0.25) is 0 Å². The van der Waals surface area contributed by atoms with E-state index < -0.39 is 5.82 Å². The molecule has 0 aliphatic carbocycles. The quantitative estimate of drug-likeness (QED) is 0.760. The third-order valence-corrected chi connectivity index (χ3v) is 3.22. The van der Waals surface area contributed by atoms with Crippen LogP contribution in [0.4, 0.5) is 4.39 Å². The van der Waals surface area contributed by atoms with E-state index in [0.717, 1.165) is 0 Å². The van der Waals surface area contributed by atoms with Gasteiger partial charge in [0.1, 0.15) is 5.82 Å². The molecule has 0 aromatic carbocycles. The second-order valence-corrected chi connectivity index (χ2v) is 6.45. The molecule has 0 amide bonds. The molecule has 0 saturated carbocycles. The zero-order valence-electron chi connectivity index (χ0n) is 8.64. The minimum atomic E-state index is -0.761. The Labute approximate surface area is 103 Å². The highest BCUT2D eigenvalue weighted by Gasteiger charge is 2.15. The van der Waals surface area contributed by atoms with E-state index in [1.54, 1.807) is 11.8 Å². The van der Waals surface area contributed by atoms with Crippen LogP contribution in [0.2, 0.25) is 10.3 Å². The summed E-state index contributed by atoms with van der Waals surface area (Å²) in [6.45, 7) is 6.22. The lowest BCUT2D eigenvalue weighted by Crippen LogP contribution is -2.09. The van der Waals surface area contributed by atoms with Crippen LogP contribution in [0.25, 0.3) is 0 Å². The summed E-state index contributed by atoms with van der Waals surface area (Å²) in [6, 6.07) is 0. The fourth-order valence-corrected chi connectivity index (χ4v) is 1.89. The molecule has 2 nitrogen and oxygen atoms in total. The van der Waals surface area contributed by atoms with Gasteiger partial charge in [0, 0.05) is 4.75 Å². The van der Waals surface area contributed by atoms with E-state index >= 15 is 0 Å². The normalized spacial score (nSPS) is 11.9. The van der Waals surface area contributed by atoms with E-state index in [2.05, 4.69) is 30.7 Å². The van der Waals surface area contributed by atoms with E-state index in [9.17, 15) is 4.39 Å². The lowest BCUT2D eigenvalue weighted by atomic mass is 10.3. The zero-order chi connectivity index (χ0) is 11.6. The minimum absolute atomic E-state index is 0.0939. The van der Waals surface area contributed by atoms with Gasteiger partial charge in [0.05, 0.1) is 5.75 Å². The third kappa shape index (κ3) is 4.13. The van der Waals surface area contributed by atoms with Crippen molar-refractivity contribution in [1.29, 1.82) is 0 Å². The first-order valence-corrected chi connectivity index (χ1v) is 6.05. The third-order valence-electron chi connectivity index (χ3n) is 1.45. The van der Waals surface area contributed by atoms with Gasteiger partial charge in [-0.15, -0.1) is 11.8 Å². The predicted molar refractivity (Wildman–Crippen MR) is 63.1 cm³/mol. The van der Waals surface area contributed by atoms with Crippen LogP contribution < -0.4 is 0 Å². The largest absolute Gasteiger partial charge is 0.217 e. The Morgan fingerprint density at radius 1 is 1.20 bits per heavy atom. The van der Waals surface area contributed by atoms with Crippen LogP contribution in [0.5, 0.6) is 0 Å². The second kappa shape index (κ2) is 4.85. The molecule has 0 spiro atoms. The van der Waals surface area contributed by atoms with Crippen molar-refractivity contribution in [2.45, 2.75) is 31.3 Å². The molecule has 15 heavy (non-hydrogen) atoms. The van der Waals surface area contributed by atoms with Crippen molar-refractivity contribution >= 4 is 35.0 Å². The average molecular weight is 269 g/mol. The molecule has 1 aromatic rings. The lowest BCUT2D eigenvalue weighted by Gasteiger charge is -2.16. The molecule has 0 radical (unpaired) electrons. The van der Waals surface area contributed by atoms with Crippen LogP contribution in [-0.2, 0) is 5.75 Å². The maximum absolute atomic E-state index is 13.0. The summed E-state index contributed by atoms with van der Waals surface area (Å²) in [5.74, 6) is 0.248. The van der Waals surface area contributed by atoms with Gasteiger partial charge in [-0.3, -0.25) is 0 Å². The van der Waals surface area contributed by atoms with Crippen LogP contribution in [0.1, 0.15) is 26.6 Å². The number of halogens is 3. The first-order valence-electron chi connectivity index (χ1n) is 4.31. The van der Waals surface area contributed by atoms with Gasteiger partial charge < -0.3 is 0 Å². The summed E-state index contributed by atoms with van der Waals surface area (Å²) >= 11 is 12.7. The van der Waals surface area contributed by atoms with Crippen molar-refractivity contribution in [3.8, 4) is 0 Å². The van der Waals surface area contributed by atoms with E-state index in [4.69, 9.17) is 23.2 Å². The molecule has 0 N–H and O–H groups in total. The molecule has 1 rings (SSSR count). The van der Waals surface area contributed by atoms with Crippen molar-refractivity contribution in [3.63, 3.8) is 0 Å². The van der Waals surface area contributed by atoms with Crippen molar-refractivity contribution in [2.24, 2.45) is 0 Å². The molecule has 84 valence electrons. The predicted octanol–water partition coefficient (Wildman–Crippen LogP) is 3.95. The molecule has 6 heteroatoms. The van der Waals surface area contributed by atoms with Crippen LogP contribution in [0.15, 0.2) is 0 Å². The van der Waals surface area contributed by atoms with Gasteiger partial charge >= 0.3 is 0 Å². The summed E-state index contributed by atoms with van der Waals surface area (Å²) in [6.07, 6.45) is 0. The average Bonchev–Trinajstić information content (AvgIpc) is 2.09. The van der Waals surface area contributed by atoms with Crippen molar-refractivity contribution in [2.75, 3.05) is 0 Å². The van der Waals surface area contributed by atoms with E-state index in [1.807, 2.05) is 0 Å². The van der Waals surface area contributed by atoms with E-state index in [-0.39, 0.29) is 15.1 Å². The topological polar surface area (TPSA) is 25.8 Å². The molecule has 0 bridgehead atoms. The number of hydrogen-bond donors (Lipinski definition) is 0. The smallest absolute Gasteiger partial charge is 0.197 e. The minimum Gasteiger partial charge on any atom is -0.217 e. The Kier molecular flexibility index (Phi) is 4.20. The lowest BCUT2D eigenvalue weighted by molar-refractivity contribution is 0.611. The highest BCUT2D eigenvalue weighted by Crippen LogP contribution is 2.27. The highest BCUT2D eigenvalue weighted by molar-refractivity contribution is 7.99. The van der Waals surface area contributed by atoms with Gasteiger partial charge in [-0.1, -0.05) is 44.0 Å². The van der Waals surface area contributed by atoms with Crippen LogP contribution in [0.3, 0.4) is 0 Å². The molecule has 0 fully saturated rings. The van der Waals surface area contributed by atoms with Crippen molar-refractivity contribution in [1.82, 2.24) is 9.97 Å². The summed E-state index contributed by atoms with van der Waals surface area (Å²) in [5, 5.41) is -0.445. The van der Waals surface area contributed by atoms with Crippen LogP contribution >= 0.6 is 35.0 Å². The van der Waals surface area contributed by atoms with E-state index in [0.29, 0.717) is 11.6 Å². The fraction of sp³-hybridized carbons (Fsp3) is 0.556. The Bertz CT molecular complexity index is 343.